The molecule has 0 aliphatic heterocycles. The lowest BCUT2D eigenvalue weighted by Gasteiger charge is -2.03. The highest BCUT2D eigenvalue weighted by Crippen LogP contribution is 2.28. The Balaban J connectivity index is 1.84. The molecule has 108 valence electrons. The van der Waals surface area contributed by atoms with Crippen LogP contribution in [-0.4, -0.2) is 35.2 Å². The highest BCUT2D eigenvalue weighted by molar-refractivity contribution is 7.89. The van der Waals surface area contributed by atoms with E-state index in [1.54, 1.807) is 13.2 Å². The van der Waals surface area contributed by atoms with Crippen LogP contribution in [0.2, 0.25) is 0 Å². The largest absolute Gasteiger partial charge is 0.447 e. The predicted octanol–water partition coefficient (Wildman–Crippen LogP) is 0.704. The highest BCUT2D eigenvalue weighted by Gasteiger charge is 2.25. The van der Waals surface area contributed by atoms with Gasteiger partial charge in [0, 0.05) is 20.2 Å². The lowest BCUT2D eigenvalue weighted by molar-refractivity contribution is 0.198. The van der Waals surface area contributed by atoms with Crippen LogP contribution in [0.3, 0.4) is 0 Å². The van der Waals surface area contributed by atoms with Crippen molar-refractivity contribution < 1.29 is 17.6 Å². The SMILES string of the molecule is COCCNCc1ccc(S(=O)(=O)NCC2CC2)o1. The molecule has 2 rings (SSSR count). The summed E-state index contributed by atoms with van der Waals surface area (Å²) in [5.41, 5.74) is 0. The van der Waals surface area contributed by atoms with Gasteiger partial charge in [0.2, 0.25) is 5.09 Å². The number of nitrogens with one attached hydrogen (secondary N) is 2. The fourth-order valence-corrected chi connectivity index (χ4v) is 2.67. The molecule has 0 amide bonds. The molecule has 1 saturated carbocycles. The molecule has 0 unspecified atom stereocenters. The van der Waals surface area contributed by atoms with Crippen molar-refractivity contribution in [2.24, 2.45) is 5.92 Å². The van der Waals surface area contributed by atoms with Crippen LogP contribution < -0.4 is 10.0 Å². The molecule has 2 N–H and O–H groups in total. The van der Waals surface area contributed by atoms with E-state index in [0.717, 1.165) is 12.8 Å². The molecular weight excluding hydrogens is 268 g/mol. The van der Waals surface area contributed by atoms with Gasteiger partial charge in [0.1, 0.15) is 5.76 Å². The van der Waals surface area contributed by atoms with E-state index < -0.39 is 10.0 Å². The summed E-state index contributed by atoms with van der Waals surface area (Å²) < 4.78 is 36.6. The molecule has 1 heterocycles. The molecule has 7 heteroatoms. The standard InChI is InChI=1S/C12H20N2O4S/c1-17-7-6-13-9-11-4-5-12(18-11)19(15,16)14-8-10-2-3-10/h4-5,10,13-14H,2-3,6-9H2,1H3. The van der Waals surface area contributed by atoms with Crippen molar-refractivity contribution in [1.82, 2.24) is 10.0 Å². The number of hydrogen-bond donors (Lipinski definition) is 2. The van der Waals surface area contributed by atoms with Gasteiger partial charge in [-0.05, 0) is 30.9 Å². The molecular formula is C12H20N2O4S. The molecule has 1 aromatic rings. The van der Waals surface area contributed by atoms with Crippen LogP contribution in [0.4, 0.5) is 0 Å². The van der Waals surface area contributed by atoms with Gasteiger partial charge in [0.05, 0.1) is 13.2 Å². The number of methoxy groups -OCH3 is 1. The van der Waals surface area contributed by atoms with Crippen molar-refractivity contribution >= 4 is 10.0 Å². The van der Waals surface area contributed by atoms with Crippen molar-refractivity contribution in [3.63, 3.8) is 0 Å². The fraction of sp³-hybridized carbons (Fsp3) is 0.667. The fourth-order valence-electron chi connectivity index (χ4n) is 1.60. The Morgan fingerprint density at radius 2 is 2.21 bits per heavy atom. The second kappa shape index (κ2) is 6.51. The van der Waals surface area contributed by atoms with Crippen molar-refractivity contribution in [2.45, 2.75) is 24.5 Å². The quantitative estimate of drug-likeness (QED) is 0.654. The summed E-state index contributed by atoms with van der Waals surface area (Å²) in [6.07, 6.45) is 2.21. The lowest BCUT2D eigenvalue weighted by Crippen LogP contribution is -2.25. The van der Waals surface area contributed by atoms with E-state index in [0.29, 0.717) is 37.9 Å². The van der Waals surface area contributed by atoms with Crippen LogP contribution in [0.15, 0.2) is 21.6 Å². The molecule has 6 nitrogen and oxygen atoms in total. The number of hydrogen-bond acceptors (Lipinski definition) is 5. The van der Waals surface area contributed by atoms with Gasteiger partial charge >= 0.3 is 0 Å². The van der Waals surface area contributed by atoms with Gasteiger partial charge in [0.25, 0.3) is 10.0 Å². The first-order valence-electron chi connectivity index (χ1n) is 6.40. The molecule has 1 aromatic heterocycles. The zero-order valence-electron chi connectivity index (χ0n) is 11.0. The van der Waals surface area contributed by atoms with E-state index in [1.807, 2.05) is 0 Å². The number of rotatable bonds is 9. The van der Waals surface area contributed by atoms with Gasteiger partial charge in [-0.3, -0.25) is 0 Å². The molecule has 0 radical (unpaired) electrons. The molecule has 0 bridgehead atoms. The second-order valence-electron chi connectivity index (χ2n) is 4.69. The van der Waals surface area contributed by atoms with E-state index in [-0.39, 0.29) is 5.09 Å². The Morgan fingerprint density at radius 1 is 1.42 bits per heavy atom. The maximum atomic E-state index is 11.9. The molecule has 1 fully saturated rings. The maximum absolute atomic E-state index is 11.9. The molecule has 0 spiro atoms. The first kappa shape index (κ1) is 14.5. The van der Waals surface area contributed by atoms with Gasteiger partial charge in [0.15, 0.2) is 0 Å². The minimum Gasteiger partial charge on any atom is -0.447 e. The maximum Gasteiger partial charge on any atom is 0.273 e. The van der Waals surface area contributed by atoms with Gasteiger partial charge in [-0.2, -0.15) is 0 Å². The average molecular weight is 288 g/mol. The number of furan rings is 1. The Bertz CT molecular complexity index is 494. The third-order valence-electron chi connectivity index (χ3n) is 2.94. The molecule has 1 aliphatic carbocycles. The zero-order valence-corrected chi connectivity index (χ0v) is 11.8. The normalized spacial score (nSPS) is 15.8. The Hall–Kier alpha value is -0.890. The smallest absolute Gasteiger partial charge is 0.273 e. The zero-order chi connectivity index (χ0) is 13.7. The van der Waals surface area contributed by atoms with Crippen molar-refractivity contribution in [1.29, 1.82) is 0 Å². The molecule has 0 saturated heterocycles. The number of sulfonamides is 1. The van der Waals surface area contributed by atoms with E-state index in [4.69, 9.17) is 9.15 Å². The van der Waals surface area contributed by atoms with Crippen molar-refractivity contribution in [3.05, 3.63) is 17.9 Å². The topological polar surface area (TPSA) is 80.6 Å². The summed E-state index contributed by atoms with van der Waals surface area (Å²) in [6.45, 7) is 2.29. The summed E-state index contributed by atoms with van der Waals surface area (Å²) in [4.78, 5) is 0. The molecule has 19 heavy (non-hydrogen) atoms. The summed E-state index contributed by atoms with van der Waals surface area (Å²) in [7, 11) is -1.87. The van der Waals surface area contributed by atoms with Gasteiger partial charge < -0.3 is 14.5 Å². The molecule has 0 aromatic carbocycles. The van der Waals surface area contributed by atoms with E-state index in [1.165, 1.54) is 6.07 Å². The molecule has 1 aliphatic rings. The predicted molar refractivity (Wildman–Crippen MR) is 70.2 cm³/mol. The van der Waals surface area contributed by atoms with Crippen LogP contribution in [-0.2, 0) is 21.3 Å². The second-order valence-corrected chi connectivity index (χ2v) is 6.38. The average Bonchev–Trinajstić information content (AvgIpc) is 3.09. The summed E-state index contributed by atoms with van der Waals surface area (Å²) in [5.74, 6) is 1.10. The number of ether oxygens (including phenoxy) is 1. The molecule has 0 atom stereocenters. The van der Waals surface area contributed by atoms with Crippen LogP contribution in [0.1, 0.15) is 18.6 Å². The van der Waals surface area contributed by atoms with Crippen LogP contribution in [0, 0.1) is 5.92 Å². The first-order chi connectivity index (χ1) is 9.12. The Labute approximate surface area is 113 Å². The first-order valence-corrected chi connectivity index (χ1v) is 7.88. The highest BCUT2D eigenvalue weighted by atomic mass is 32.2. The van der Waals surface area contributed by atoms with Crippen molar-refractivity contribution in [3.8, 4) is 0 Å². The monoisotopic (exact) mass is 288 g/mol. The van der Waals surface area contributed by atoms with E-state index in [9.17, 15) is 8.42 Å². The van der Waals surface area contributed by atoms with E-state index >= 15 is 0 Å². The van der Waals surface area contributed by atoms with Gasteiger partial charge in [-0.15, -0.1) is 0 Å². The van der Waals surface area contributed by atoms with Gasteiger partial charge in [-0.1, -0.05) is 0 Å². The van der Waals surface area contributed by atoms with Crippen LogP contribution >= 0.6 is 0 Å². The van der Waals surface area contributed by atoms with Crippen LogP contribution in [0.5, 0.6) is 0 Å². The van der Waals surface area contributed by atoms with E-state index in [2.05, 4.69) is 10.0 Å². The minimum absolute atomic E-state index is 0.0170. The third-order valence-corrected chi connectivity index (χ3v) is 4.24. The summed E-state index contributed by atoms with van der Waals surface area (Å²) in [6, 6.07) is 3.16. The summed E-state index contributed by atoms with van der Waals surface area (Å²) >= 11 is 0. The summed E-state index contributed by atoms with van der Waals surface area (Å²) in [5, 5.41) is 3.08. The van der Waals surface area contributed by atoms with Crippen molar-refractivity contribution in [2.75, 3.05) is 26.8 Å². The van der Waals surface area contributed by atoms with Crippen LogP contribution in [0.25, 0.3) is 0 Å². The third kappa shape index (κ3) is 4.61. The lowest BCUT2D eigenvalue weighted by atomic mass is 10.4. The minimum atomic E-state index is -3.50. The van der Waals surface area contributed by atoms with Gasteiger partial charge in [-0.25, -0.2) is 13.1 Å². The Kier molecular flexibility index (Phi) is 4.98. The Morgan fingerprint density at radius 3 is 2.89 bits per heavy atom.